The van der Waals surface area contributed by atoms with Gasteiger partial charge in [0.1, 0.15) is 11.3 Å². The molecule has 0 fully saturated rings. The summed E-state index contributed by atoms with van der Waals surface area (Å²) in [5.41, 5.74) is 0.986. The topological polar surface area (TPSA) is 105 Å². The number of ether oxygens (including phenoxy) is 1. The number of nitrogens with zero attached hydrogens (tertiary/aromatic N) is 1. The van der Waals surface area contributed by atoms with E-state index in [1.807, 2.05) is 0 Å². The highest BCUT2D eigenvalue weighted by molar-refractivity contribution is 5.95. The second-order valence-electron chi connectivity index (χ2n) is 4.00. The van der Waals surface area contributed by atoms with E-state index in [4.69, 9.17) is 9.84 Å². The van der Waals surface area contributed by atoms with Crippen LogP contribution in [0.1, 0.15) is 12.0 Å². The lowest BCUT2D eigenvalue weighted by Crippen LogP contribution is -1.97. The lowest BCUT2D eigenvalue weighted by Gasteiger charge is -2.04. The molecule has 7 heteroatoms. The number of nitro benzene ring substituents is 1. The minimum atomic E-state index is -0.918. The van der Waals surface area contributed by atoms with Gasteiger partial charge >= 0.3 is 5.97 Å². The highest BCUT2D eigenvalue weighted by Crippen LogP contribution is 2.35. The van der Waals surface area contributed by atoms with E-state index >= 15 is 0 Å². The van der Waals surface area contributed by atoms with Crippen LogP contribution < -0.4 is 4.74 Å². The van der Waals surface area contributed by atoms with Gasteiger partial charge in [-0.3, -0.25) is 14.9 Å². The first-order valence-corrected chi connectivity index (χ1v) is 5.57. The Morgan fingerprint density at radius 3 is 2.84 bits per heavy atom. The lowest BCUT2D eigenvalue weighted by atomic mass is 10.1. The number of methoxy groups -OCH3 is 1. The van der Waals surface area contributed by atoms with Gasteiger partial charge in [-0.15, -0.1) is 0 Å². The van der Waals surface area contributed by atoms with Crippen LogP contribution in [-0.2, 0) is 11.2 Å². The molecule has 0 saturated carbocycles. The number of carboxylic acid groups (broad SMARTS) is 1. The van der Waals surface area contributed by atoms with Crippen LogP contribution in [0.4, 0.5) is 5.69 Å². The zero-order valence-corrected chi connectivity index (χ0v) is 10.2. The molecule has 0 amide bonds. The number of hydrogen-bond acceptors (Lipinski definition) is 4. The van der Waals surface area contributed by atoms with Crippen molar-refractivity contribution in [3.05, 3.63) is 34.0 Å². The van der Waals surface area contributed by atoms with Crippen LogP contribution in [0.25, 0.3) is 10.9 Å². The van der Waals surface area contributed by atoms with E-state index in [-0.39, 0.29) is 18.5 Å². The number of nitro groups is 1. The molecular weight excluding hydrogens is 252 g/mol. The Morgan fingerprint density at radius 1 is 1.53 bits per heavy atom. The predicted octanol–water partition coefficient (Wildman–Crippen LogP) is 2.10. The van der Waals surface area contributed by atoms with Gasteiger partial charge < -0.3 is 14.8 Å². The van der Waals surface area contributed by atoms with Crippen molar-refractivity contribution in [2.45, 2.75) is 12.8 Å². The summed E-state index contributed by atoms with van der Waals surface area (Å²) in [7, 11) is 1.47. The second-order valence-corrected chi connectivity index (χ2v) is 4.00. The molecule has 0 aliphatic carbocycles. The number of aromatic amines is 1. The molecule has 2 rings (SSSR count). The molecule has 0 spiro atoms. The summed E-state index contributed by atoms with van der Waals surface area (Å²) >= 11 is 0. The van der Waals surface area contributed by atoms with E-state index < -0.39 is 10.9 Å². The first-order valence-electron chi connectivity index (χ1n) is 5.57. The van der Waals surface area contributed by atoms with E-state index in [1.165, 1.54) is 19.2 Å². The maximum Gasteiger partial charge on any atom is 0.303 e. The third-order valence-electron chi connectivity index (χ3n) is 2.88. The van der Waals surface area contributed by atoms with Crippen LogP contribution in [0.15, 0.2) is 18.3 Å². The summed E-state index contributed by atoms with van der Waals surface area (Å²) in [6.45, 7) is 0. The van der Waals surface area contributed by atoms with Gasteiger partial charge in [0.15, 0.2) is 0 Å². The second kappa shape index (κ2) is 4.97. The van der Waals surface area contributed by atoms with E-state index in [0.29, 0.717) is 22.2 Å². The largest absolute Gasteiger partial charge is 0.496 e. The number of nitrogens with one attached hydrogen (secondary N) is 1. The Balaban J connectivity index is 2.57. The van der Waals surface area contributed by atoms with Crippen molar-refractivity contribution in [1.29, 1.82) is 0 Å². The number of hydrogen-bond donors (Lipinski definition) is 2. The SMILES string of the molecule is COc1ccc([N+](=O)[O-])c2[nH]cc(CCC(=O)O)c12. The fourth-order valence-corrected chi connectivity index (χ4v) is 2.03. The lowest BCUT2D eigenvalue weighted by molar-refractivity contribution is -0.383. The average molecular weight is 264 g/mol. The quantitative estimate of drug-likeness (QED) is 0.635. The molecule has 1 heterocycles. The molecule has 0 aliphatic heterocycles. The highest BCUT2D eigenvalue weighted by atomic mass is 16.6. The van der Waals surface area contributed by atoms with Crippen molar-refractivity contribution in [2.75, 3.05) is 7.11 Å². The number of rotatable bonds is 5. The van der Waals surface area contributed by atoms with Gasteiger partial charge in [-0.25, -0.2) is 0 Å². The maximum atomic E-state index is 10.9. The summed E-state index contributed by atoms with van der Waals surface area (Å²) in [4.78, 5) is 23.9. The molecule has 2 aromatic rings. The number of aliphatic carboxylic acids is 1. The molecule has 0 atom stereocenters. The number of aryl methyl sites for hydroxylation is 1. The fourth-order valence-electron chi connectivity index (χ4n) is 2.03. The zero-order valence-electron chi connectivity index (χ0n) is 10.2. The third-order valence-corrected chi connectivity index (χ3v) is 2.88. The van der Waals surface area contributed by atoms with Crippen molar-refractivity contribution < 1.29 is 19.6 Å². The Labute approximate surface area is 108 Å². The molecule has 0 radical (unpaired) electrons. The van der Waals surface area contributed by atoms with Gasteiger partial charge in [-0.2, -0.15) is 0 Å². The van der Waals surface area contributed by atoms with Crippen molar-refractivity contribution in [3.8, 4) is 5.75 Å². The van der Waals surface area contributed by atoms with Crippen LogP contribution in [0.5, 0.6) is 5.75 Å². The fraction of sp³-hybridized carbons (Fsp3) is 0.250. The standard InChI is InChI=1S/C12H12N2O5/c1-19-9-4-3-8(14(17)18)12-11(9)7(6-13-12)2-5-10(15)16/h3-4,6,13H,2,5H2,1H3,(H,15,16). The zero-order chi connectivity index (χ0) is 14.0. The van der Waals surface area contributed by atoms with Gasteiger partial charge in [0.2, 0.25) is 0 Å². The third kappa shape index (κ3) is 2.35. The van der Waals surface area contributed by atoms with Crippen molar-refractivity contribution in [1.82, 2.24) is 4.98 Å². The van der Waals surface area contributed by atoms with Gasteiger partial charge in [0, 0.05) is 18.7 Å². The van der Waals surface area contributed by atoms with E-state index in [0.717, 1.165) is 0 Å². The normalized spacial score (nSPS) is 10.6. The van der Waals surface area contributed by atoms with E-state index in [9.17, 15) is 14.9 Å². The molecule has 0 unspecified atom stereocenters. The van der Waals surface area contributed by atoms with Gasteiger partial charge in [-0.1, -0.05) is 0 Å². The van der Waals surface area contributed by atoms with Gasteiger partial charge in [-0.05, 0) is 18.1 Å². The number of carboxylic acids is 1. The first-order chi connectivity index (χ1) is 9.04. The molecule has 0 aliphatic rings. The number of carbonyl (C=O) groups is 1. The van der Waals surface area contributed by atoms with Crippen molar-refractivity contribution >= 4 is 22.6 Å². The van der Waals surface area contributed by atoms with Crippen LogP contribution >= 0.6 is 0 Å². The van der Waals surface area contributed by atoms with Gasteiger partial charge in [0.25, 0.3) is 5.69 Å². The number of H-pyrrole nitrogens is 1. The summed E-state index contributed by atoms with van der Waals surface area (Å²) in [5.74, 6) is -0.430. The van der Waals surface area contributed by atoms with Crippen molar-refractivity contribution in [2.24, 2.45) is 0 Å². The molecule has 1 aromatic carbocycles. The number of non-ortho nitro benzene ring substituents is 1. The van der Waals surface area contributed by atoms with Crippen LogP contribution in [0.3, 0.4) is 0 Å². The summed E-state index contributed by atoms with van der Waals surface area (Å²) < 4.78 is 5.18. The molecular formula is C12H12N2O5. The number of aromatic nitrogens is 1. The van der Waals surface area contributed by atoms with Crippen LogP contribution in [0.2, 0.25) is 0 Å². The number of fused-ring (bicyclic) bond motifs is 1. The Hall–Kier alpha value is -2.57. The average Bonchev–Trinajstić information content (AvgIpc) is 2.78. The molecule has 100 valence electrons. The minimum absolute atomic E-state index is 0.0429. The summed E-state index contributed by atoms with van der Waals surface area (Å²) in [6.07, 6.45) is 1.83. The smallest absolute Gasteiger partial charge is 0.303 e. The predicted molar refractivity (Wildman–Crippen MR) is 67.5 cm³/mol. The molecule has 2 N–H and O–H groups in total. The molecule has 0 bridgehead atoms. The summed E-state index contributed by atoms with van der Waals surface area (Å²) in [6, 6.07) is 2.87. The maximum absolute atomic E-state index is 10.9. The molecule has 1 aromatic heterocycles. The Kier molecular flexibility index (Phi) is 3.37. The monoisotopic (exact) mass is 264 g/mol. The summed E-state index contributed by atoms with van der Waals surface area (Å²) in [5, 5.41) is 20.2. The van der Waals surface area contributed by atoms with Crippen LogP contribution in [0, 0.1) is 10.1 Å². The van der Waals surface area contributed by atoms with Gasteiger partial charge in [0.05, 0.1) is 17.4 Å². The highest BCUT2D eigenvalue weighted by Gasteiger charge is 2.19. The van der Waals surface area contributed by atoms with Crippen molar-refractivity contribution in [3.63, 3.8) is 0 Å². The van der Waals surface area contributed by atoms with E-state index in [2.05, 4.69) is 4.98 Å². The first kappa shape index (κ1) is 12.9. The number of benzene rings is 1. The molecule has 0 saturated heterocycles. The van der Waals surface area contributed by atoms with Crippen LogP contribution in [-0.4, -0.2) is 28.1 Å². The van der Waals surface area contributed by atoms with E-state index in [1.54, 1.807) is 6.20 Å². The Bertz CT molecular complexity index is 647. The molecule has 19 heavy (non-hydrogen) atoms. The molecule has 7 nitrogen and oxygen atoms in total. The Morgan fingerprint density at radius 2 is 2.26 bits per heavy atom. The minimum Gasteiger partial charge on any atom is -0.496 e.